The molecule has 0 aromatic heterocycles. The number of benzene rings is 3. The molecule has 3 aromatic rings. The highest BCUT2D eigenvalue weighted by atomic mass is 32.2. The molecule has 0 aliphatic heterocycles. The molecule has 0 saturated heterocycles. The fraction of sp³-hybridized carbons (Fsp3) is 0.310. The molecule has 39 heavy (non-hydrogen) atoms. The number of sulfonamides is 1. The van der Waals surface area contributed by atoms with Gasteiger partial charge in [-0.2, -0.15) is 0 Å². The van der Waals surface area contributed by atoms with Gasteiger partial charge < -0.3 is 15.0 Å². The maximum Gasteiger partial charge on any atom is 0.244 e. The lowest BCUT2D eigenvalue weighted by atomic mass is 10.1. The average molecular weight is 556 g/mol. The van der Waals surface area contributed by atoms with E-state index >= 15 is 0 Å². The second kappa shape index (κ2) is 13.2. The first-order valence-corrected chi connectivity index (χ1v) is 14.4. The summed E-state index contributed by atoms with van der Waals surface area (Å²) >= 11 is 0. The monoisotopic (exact) mass is 555 g/mol. The van der Waals surface area contributed by atoms with Gasteiger partial charge in [0.2, 0.25) is 21.8 Å². The normalized spacial score (nSPS) is 12.1. The molecule has 0 fully saturated rings. The summed E-state index contributed by atoms with van der Waals surface area (Å²) < 4.78 is 46.7. The van der Waals surface area contributed by atoms with Gasteiger partial charge in [0.1, 0.15) is 30.8 Å². The highest BCUT2D eigenvalue weighted by Gasteiger charge is 2.30. The fourth-order valence-electron chi connectivity index (χ4n) is 3.86. The van der Waals surface area contributed by atoms with Gasteiger partial charge in [-0.15, -0.1) is 0 Å². The van der Waals surface area contributed by atoms with Gasteiger partial charge in [0, 0.05) is 18.2 Å². The van der Waals surface area contributed by atoms with Crippen molar-refractivity contribution >= 4 is 27.5 Å². The number of rotatable bonds is 12. The SMILES string of the molecule is CC(C)NC(=O)[C@H](C)N(Cc1ccccc1F)C(=O)CN(c1ccc(OCc2ccccc2)cc1)S(C)(=O)=O. The van der Waals surface area contributed by atoms with Crippen LogP contribution in [-0.2, 0) is 32.8 Å². The van der Waals surface area contributed by atoms with Crippen LogP contribution in [0.5, 0.6) is 5.75 Å². The highest BCUT2D eigenvalue weighted by Crippen LogP contribution is 2.23. The number of amides is 2. The Labute approximate surface area is 229 Å². The summed E-state index contributed by atoms with van der Waals surface area (Å²) in [5, 5.41) is 2.75. The average Bonchev–Trinajstić information content (AvgIpc) is 2.89. The van der Waals surface area contributed by atoms with Crippen LogP contribution in [0, 0.1) is 5.82 Å². The van der Waals surface area contributed by atoms with Crippen LogP contribution in [0.2, 0.25) is 0 Å². The van der Waals surface area contributed by atoms with Crippen LogP contribution in [-0.4, -0.2) is 50.0 Å². The number of carbonyl (C=O) groups excluding carboxylic acids is 2. The molecule has 0 aliphatic carbocycles. The highest BCUT2D eigenvalue weighted by molar-refractivity contribution is 7.92. The van der Waals surface area contributed by atoms with Crippen LogP contribution in [0.25, 0.3) is 0 Å². The zero-order chi connectivity index (χ0) is 28.6. The van der Waals surface area contributed by atoms with Crippen molar-refractivity contribution in [2.75, 3.05) is 17.1 Å². The molecule has 8 nitrogen and oxygen atoms in total. The van der Waals surface area contributed by atoms with Crippen molar-refractivity contribution in [2.45, 2.75) is 46.0 Å². The van der Waals surface area contributed by atoms with E-state index in [9.17, 15) is 22.4 Å². The van der Waals surface area contributed by atoms with Crippen molar-refractivity contribution < 1.29 is 27.1 Å². The summed E-state index contributed by atoms with van der Waals surface area (Å²) in [5.74, 6) is -1.08. The van der Waals surface area contributed by atoms with E-state index in [0.29, 0.717) is 12.4 Å². The predicted molar refractivity (Wildman–Crippen MR) is 149 cm³/mol. The minimum Gasteiger partial charge on any atom is -0.489 e. The molecule has 1 N–H and O–H groups in total. The number of hydrogen-bond acceptors (Lipinski definition) is 5. The van der Waals surface area contributed by atoms with Gasteiger partial charge in [-0.05, 0) is 56.7 Å². The lowest BCUT2D eigenvalue weighted by Crippen LogP contribution is -2.52. The molecular formula is C29H34FN3O5S. The molecule has 0 radical (unpaired) electrons. The molecule has 0 saturated carbocycles. The van der Waals surface area contributed by atoms with E-state index in [1.165, 1.54) is 30.0 Å². The number of ether oxygens (including phenoxy) is 1. The zero-order valence-corrected chi connectivity index (χ0v) is 23.3. The number of hydrogen-bond donors (Lipinski definition) is 1. The molecule has 1 atom stereocenters. The zero-order valence-electron chi connectivity index (χ0n) is 22.5. The quantitative estimate of drug-likeness (QED) is 0.363. The van der Waals surface area contributed by atoms with Crippen molar-refractivity contribution in [1.82, 2.24) is 10.2 Å². The number of anilines is 1. The Morgan fingerprint density at radius 3 is 2.13 bits per heavy atom. The van der Waals surface area contributed by atoms with Crippen LogP contribution in [0.4, 0.5) is 10.1 Å². The fourth-order valence-corrected chi connectivity index (χ4v) is 4.71. The number of halogens is 1. The Morgan fingerprint density at radius 1 is 0.923 bits per heavy atom. The van der Waals surface area contributed by atoms with E-state index in [0.717, 1.165) is 16.1 Å². The van der Waals surface area contributed by atoms with Crippen LogP contribution in [0.15, 0.2) is 78.9 Å². The van der Waals surface area contributed by atoms with E-state index in [-0.39, 0.29) is 23.8 Å². The van der Waals surface area contributed by atoms with Crippen molar-refractivity contribution in [3.63, 3.8) is 0 Å². The Bertz CT molecular complexity index is 1370. The Hall–Kier alpha value is -3.92. The number of carbonyl (C=O) groups is 2. The van der Waals surface area contributed by atoms with Gasteiger partial charge >= 0.3 is 0 Å². The Kier molecular flexibility index (Phi) is 10.1. The van der Waals surface area contributed by atoms with Gasteiger partial charge in [-0.1, -0.05) is 48.5 Å². The van der Waals surface area contributed by atoms with Gasteiger partial charge in [0.25, 0.3) is 0 Å². The maximum atomic E-state index is 14.5. The summed E-state index contributed by atoms with van der Waals surface area (Å²) in [5.41, 5.74) is 1.44. The molecule has 0 unspecified atom stereocenters. The Morgan fingerprint density at radius 2 is 1.54 bits per heavy atom. The van der Waals surface area contributed by atoms with Gasteiger partial charge in [0.05, 0.1) is 11.9 Å². The van der Waals surface area contributed by atoms with E-state index in [1.54, 1.807) is 44.2 Å². The molecule has 0 spiro atoms. The summed E-state index contributed by atoms with van der Waals surface area (Å²) in [7, 11) is -3.89. The lowest BCUT2D eigenvalue weighted by molar-refractivity contribution is -0.139. The first-order chi connectivity index (χ1) is 18.5. The lowest BCUT2D eigenvalue weighted by Gasteiger charge is -2.32. The smallest absolute Gasteiger partial charge is 0.244 e. The van der Waals surface area contributed by atoms with Crippen molar-refractivity contribution in [2.24, 2.45) is 0 Å². The summed E-state index contributed by atoms with van der Waals surface area (Å²) in [4.78, 5) is 27.5. The first kappa shape index (κ1) is 29.6. The van der Waals surface area contributed by atoms with Gasteiger partial charge in [-0.25, -0.2) is 12.8 Å². The molecule has 3 aromatic carbocycles. The third-order valence-electron chi connectivity index (χ3n) is 5.95. The van der Waals surface area contributed by atoms with E-state index < -0.39 is 40.2 Å². The largest absolute Gasteiger partial charge is 0.489 e. The number of nitrogens with one attached hydrogen (secondary N) is 1. The second-order valence-electron chi connectivity index (χ2n) is 9.49. The second-order valence-corrected chi connectivity index (χ2v) is 11.4. The van der Waals surface area contributed by atoms with E-state index in [4.69, 9.17) is 4.74 Å². The van der Waals surface area contributed by atoms with Gasteiger partial charge in [-0.3, -0.25) is 13.9 Å². The molecular weight excluding hydrogens is 521 g/mol. The molecule has 0 bridgehead atoms. The minimum atomic E-state index is -3.89. The topological polar surface area (TPSA) is 96.0 Å². The number of nitrogens with zero attached hydrogens (tertiary/aromatic N) is 2. The predicted octanol–water partition coefficient (Wildman–Crippen LogP) is 4.11. The Balaban J connectivity index is 1.83. The molecule has 3 rings (SSSR count). The minimum absolute atomic E-state index is 0.180. The van der Waals surface area contributed by atoms with Gasteiger partial charge in [0.15, 0.2) is 0 Å². The summed E-state index contributed by atoms with van der Waals surface area (Å²) in [6, 6.07) is 20.7. The third kappa shape index (κ3) is 8.54. The summed E-state index contributed by atoms with van der Waals surface area (Å²) in [6.45, 7) is 4.66. The van der Waals surface area contributed by atoms with E-state index in [1.807, 2.05) is 30.3 Å². The van der Waals surface area contributed by atoms with Crippen LogP contribution < -0.4 is 14.4 Å². The summed E-state index contributed by atoms with van der Waals surface area (Å²) in [6.07, 6.45) is 0.996. The maximum absolute atomic E-state index is 14.5. The van der Waals surface area contributed by atoms with Crippen LogP contribution in [0.3, 0.4) is 0 Å². The van der Waals surface area contributed by atoms with E-state index in [2.05, 4.69) is 5.32 Å². The molecule has 0 aliphatic rings. The van der Waals surface area contributed by atoms with Crippen molar-refractivity contribution in [3.8, 4) is 5.75 Å². The molecule has 0 heterocycles. The van der Waals surface area contributed by atoms with Crippen molar-refractivity contribution in [1.29, 1.82) is 0 Å². The van der Waals surface area contributed by atoms with Crippen LogP contribution >= 0.6 is 0 Å². The standard InChI is InChI=1S/C29H34FN3O5S/c1-21(2)31-29(35)22(3)32(18-24-12-8-9-13-27(24)30)28(34)19-33(39(4,36)37)25-14-16-26(17-15-25)38-20-23-10-6-5-7-11-23/h5-17,21-22H,18-20H2,1-4H3,(H,31,35)/t22-/m0/s1. The first-order valence-electron chi connectivity index (χ1n) is 12.5. The third-order valence-corrected chi connectivity index (χ3v) is 7.09. The molecule has 2 amide bonds. The van der Waals surface area contributed by atoms with Crippen LogP contribution in [0.1, 0.15) is 31.9 Å². The molecule has 208 valence electrons. The van der Waals surface area contributed by atoms with Crippen molar-refractivity contribution in [3.05, 3.63) is 95.8 Å². The molecule has 10 heteroatoms.